The van der Waals surface area contributed by atoms with Gasteiger partial charge in [-0.1, -0.05) is 31.7 Å². The monoisotopic (exact) mass is 416 g/mol. The number of carbonyl (C=O) groups excluding carboxylic acids is 1. The number of rotatable bonds is 2. The molecule has 1 saturated heterocycles. The number of nitrogens with zero attached hydrogens (tertiary/aromatic N) is 4. The van der Waals surface area contributed by atoms with E-state index >= 15 is 0 Å². The molecule has 162 valence electrons. The first-order valence-electron chi connectivity index (χ1n) is 11.9. The summed E-state index contributed by atoms with van der Waals surface area (Å²) in [5, 5.41) is 3.47. The number of likely N-dealkylation sites (N-methyl/N-ethyl adjacent to an activating group) is 1. The second-order valence-corrected chi connectivity index (χ2v) is 9.29. The average molecular weight is 417 g/mol. The van der Waals surface area contributed by atoms with Crippen molar-refractivity contribution in [1.29, 1.82) is 0 Å². The fourth-order valence-corrected chi connectivity index (χ4v) is 5.30. The lowest BCUT2D eigenvalue weighted by Gasteiger charge is -2.21. The highest BCUT2D eigenvalue weighted by Gasteiger charge is 2.22. The van der Waals surface area contributed by atoms with Crippen molar-refractivity contribution >= 4 is 27.6 Å². The van der Waals surface area contributed by atoms with Gasteiger partial charge in [0, 0.05) is 59.7 Å². The molecule has 0 atom stereocenters. The molecule has 5 rings (SSSR count). The molecule has 3 aromatic rings. The van der Waals surface area contributed by atoms with Gasteiger partial charge in [-0.25, -0.2) is 0 Å². The smallest absolute Gasteiger partial charge is 0.253 e. The average Bonchev–Trinajstić information content (AvgIpc) is 3.20. The topological polar surface area (TPSA) is 49.3 Å². The first kappa shape index (κ1) is 20.4. The maximum Gasteiger partial charge on any atom is 0.253 e. The Morgan fingerprint density at radius 3 is 2.58 bits per heavy atom. The SMILES string of the molecule is CN1CCCN(C(=O)c2ccc3c(c2)nc(C2CCCCCC2)c2ccncc23)CC1. The number of hydrogen-bond acceptors (Lipinski definition) is 4. The quantitative estimate of drug-likeness (QED) is 0.436. The van der Waals surface area contributed by atoms with Crippen LogP contribution in [0.15, 0.2) is 36.7 Å². The Kier molecular flexibility index (Phi) is 5.86. The molecule has 2 aliphatic rings. The van der Waals surface area contributed by atoms with Crippen LogP contribution in [0.25, 0.3) is 21.7 Å². The van der Waals surface area contributed by atoms with Crippen LogP contribution in [-0.4, -0.2) is 58.9 Å². The van der Waals surface area contributed by atoms with Gasteiger partial charge in [-0.15, -0.1) is 0 Å². The summed E-state index contributed by atoms with van der Waals surface area (Å²) in [6.07, 6.45) is 12.5. The van der Waals surface area contributed by atoms with Gasteiger partial charge in [0.05, 0.1) is 11.2 Å². The van der Waals surface area contributed by atoms with E-state index in [0.29, 0.717) is 5.92 Å². The van der Waals surface area contributed by atoms with Crippen LogP contribution < -0.4 is 0 Å². The van der Waals surface area contributed by atoms with Gasteiger partial charge in [0.1, 0.15) is 0 Å². The molecular formula is C26H32N4O. The molecule has 2 fully saturated rings. The lowest BCUT2D eigenvalue weighted by molar-refractivity contribution is 0.0763. The number of hydrogen-bond donors (Lipinski definition) is 0. The van der Waals surface area contributed by atoms with Gasteiger partial charge in [-0.3, -0.25) is 14.8 Å². The second kappa shape index (κ2) is 8.91. The van der Waals surface area contributed by atoms with Gasteiger partial charge < -0.3 is 9.80 Å². The van der Waals surface area contributed by atoms with Crippen LogP contribution >= 0.6 is 0 Å². The maximum absolute atomic E-state index is 13.3. The van der Waals surface area contributed by atoms with Gasteiger partial charge in [0.25, 0.3) is 5.91 Å². The normalized spacial score (nSPS) is 19.5. The lowest BCUT2D eigenvalue weighted by atomic mass is 9.91. The minimum Gasteiger partial charge on any atom is -0.337 e. The summed E-state index contributed by atoms with van der Waals surface area (Å²) < 4.78 is 0. The number of amides is 1. The highest BCUT2D eigenvalue weighted by Crippen LogP contribution is 2.36. The fourth-order valence-electron chi connectivity index (χ4n) is 5.30. The molecule has 2 aromatic heterocycles. The summed E-state index contributed by atoms with van der Waals surface area (Å²) in [6, 6.07) is 8.17. The molecule has 3 heterocycles. The third-order valence-corrected chi connectivity index (χ3v) is 7.12. The van der Waals surface area contributed by atoms with Crippen molar-refractivity contribution in [3.05, 3.63) is 47.9 Å². The number of fused-ring (bicyclic) bond motifs is 3. The molecule has 5 heteroatoms. The molecule has 0 unspecified atom stereocenters. The number of pyridine rings is 2. The van der Waals surface area contributed by atoms with Gasteiger partial charge in [-0.05, 0) is 51.1 Å². The summed E-state index contributed by atoms with van der Waals surface area (Å²) in [7, 11) is 2.13. The Morgan fingerprint density at radius 1 is 0.903 bits per heavy atom. The van der Waals surface area contributed by atoms with Crippen LogP contribution in [-0.2, 0) is 0 Å². The highest BCUT2D eigenvalue weighted by atomic mass is 16.2. The Bertz CT molecular complexity index is 1090. The maximum atomic E-state index is 13.3. The van der Waals surface area contributed by atoms with E-state index < -0.39 is 0 Å². The molecule has 0 N–H and O–H groups in total. The predicted octanol–water partition coefficient (Wildman–Crippen LogP) is 5.00. The first-order valence-corrected chi connectivity index (χ1v) is 11.9. The Hall–Kier alpha value is -2.53. The highest BCUT2D eigenvalue weighted by molar-refractivity contribution is 6.08. The van der Waals surface area contributed by atoms with Crippen LogP contribution in [0.3, 0.4) is 0 Å². The van der Waals surface area contributed by atoms with E-state index in [1.165, 1.54) is 49.6 Å². The van der Waals surface area contributed by atoms with Crippen molar-refractivity contribution in [3.8, 4) is 0 Å². The van der Waals surface area contributed by atoms with E-state index in [4.69, 9.17) is 4.98 Å². The van der Waals surface area contributed by atoms with Gasteiger partial charge in [0.2, 0.25) is 0 Å². The minimum absolute atomic E-state index is 0.126. The predicted molar refractivity (Wildman–Crippen MR) is 126 cm³/mol. The molecule has 1 aliphatic carbocycles. The number of aromatic nitrogens is 2. The van der Waals surface area contributed by atoms with Crippen LogP contribution in [0.4, 0.5) is 0 Å². The number of benzene rings is 1. The third-order valence-electron chi connectivity index (χ3n) is 7.12. The van der Waals surface area contributed by atoms with Crippen molar-refractivity contribution in [3.63, 3.8) is 0 Å². The zero-order valence-electron chi connectivity index (χ0n) is 18.5. The zero-order valence-corrected chi connectivity index (χ0v) is 18.5. The van der Waals surface area contributed by atoms with Crippen LogP contribution in [0.2, 0.25) is 0 Å². The first-order chi connectivity index (χ1) is 15.2. The molecule has 1 aromatic carbocycles. The summed E-state index contributed by atoms with van der Waals surface area (Å²) in [5.74, 6) is 0.624. The largest absolute Gasteiger partial charge is 0.337 e. The standard InChI is InChI=1S/C26H32N4O/c1-29-13-6-14-30(16-15-29)26(31)20-9-10-21-23-18-27-12-11-22(23)25(28-24(21)17-20)19-7-4-2-3-5-8-19/h9-12,17-19H,2-8,13-16H2,1H3. The lowest BCUT2D eigenvalue weighted by Crippen LogP contribution is -2.34. The number of carbonyl (C=O) groups is 1. The molecule has 0 bridgehead atoms. The zero-order chi connectivity index (χ0) is 21.2. The van der Waals surface area contributed by atoms with Gasteiger partial charge in [-0.2, -0.15) is 0 Å². The summed E-state index contributed by atoms with van der Waals surface area (Å²) >= 11 is 0. The van der Waals surface area contributed by atoms with E-state index in [2.05, 4.69) is 29.1 Å². The molecule has 1 aliphatic heterocycles. The fraction of sp³-hybridized carbons (Fsp3) is 0.500. The van der Waals surface area contributed by atoms with Crippen molar-refractivity contribution in [1.82, 2.24) is 19.8 Å². The Labute approximate surface area is 184 Å². The van der Waals surface area contributed by atoms with Crippen molar-refractivity contribution in [2.75, 3.05) is 33.2 Å². The summed E-state index contributed by atoms with van der Waals surface area (Å²) in [5.41, 5.74) is 2.88. The van der Waals surface area contributed by atoms with Crippen molar-refractivity contribution in [2.24, 2.45) is 0 Å². The Morgan fingerprint density at radius 2 is 1.74 bits per heavy atom. The van der Waals surface area contributed by atoms with Crippen LogP contribution in [0.5, 0.6) is 0 Å². The molecule has 1 saturated carbocycles. The summed E-state index contributed by atoms with van der Waals surface area (Å²) in [6.45, 7) is 3.59. The van der Waals surface area contributed by atoms with Gasteiger partial charge in [0.15, 0.2) is 0 Å². The van der Waals surface area contributed by atoms with E-state index in [-0.39, 0.29) is 5.91 Å². The molecule has 31 heavy (non-hydrogen) atoms. The molecule has 1 amide bonds. The van der Waals surface area contributed by atoms with Crippen LogP contribution in [0.1, 0.15) is 66.9 Å². The molecule has 0 radical (unpaired) electrons. The molecular weight excluding hydrogens is 384 g/mol. The van der Waals surface area contributed by atoms with Crippen LogP contribution in [0, 0.1) is 0 Å². The van der Waals surface area contributed by atoms with E-state index in [1.54, 1.807) is 0 Å². The molecule has 0 spiro atoms. The van der Waals surface area contributed by atoms with Crippen molar-refractivity contribution < 1.29 is 4.79 Å². The van der Waals surface area contributed by atoms with E-state index in [0.717, 1.165) is 54.5 Å². The summed E-state index contributed by atoms with van der Waals surface area (Å²) in [4.78, 5) is 27.2. The van der Waals surface area contributed by atoms with Crippen molar-refractivity contribution in [2.45, 2.75) is 50.9 Å². The van der Waals surface area contributed by atoms with Gasteiger partial charge >= 0.3 is 0 Å². The molecule has 5 nitrogen and oxygen atoms in total. The van der Waals surface area contributed by atoms with E-state index in [9.17, 15) is 4.79 Å². The minimum atomic E-state index is 0.126. The second-order valence-electron chi connectivity index (χ2n) is 9.29. The third kappa shape index (κ3) is 4.16. The van der Waals surface area contributed by atoms with E-state index in [1.807, 2.05) is 29.4 Å². The Balaban J connectivity index is 1.56.